The molecule has 0 unspecified atom stereocenters. The van der Waals surface area contributed by atoms with Gasteiger partial charge < -0.3 is 4.90 Å². The summed E-state index contributed by atoms with van der Waals surface area (Å²) in [6.45, 7) is 0. The second-order valence-electron chi connectivity index (χ2n) is 4.93. The SMILES string of the molecule is CN(C(=O)/C=C/c1ccccc1C#N)C1(C#N)CCC1. The van der Waals surface area contributed by atoms with Crippen LogP contribution in [0.25, 0.3) is 6.08 Å². The Kier molecular flexibility index (Phi) is 3.86. The fourth-order valence-electron chi connectivity index (χ4n) is 2.26. The quantitative estimate of drug-likeness (QED) is 0.788. The summed E-state index contributed by atoms with van der Waals surface area (Å²) < 4.78 is 0. The second-order valence-corrected chi connectivity index (χ2v) is 4.93. The van der Waals surface area contributed by atoms with Crippen LogP contribution in [0.3, 0.4) is 0 Å². The summed E-state index contributed by atoms with van der Waals surface area (Å²) in [5.74, 6) is -0.209. The van der Waals surface area contributed by atoms with Crippen LogP contribution < -0.4 is 0 Å². The zero-order valence-electron chi connectivity index (χ0n) is 11.3. The molecule has 0 atom stereocenters. The number of nitriles is 2. The molecule has 0 aromatic heterocycles. The van der Waals surface area contributed by atoms with E-state index in [4.69, 9.17) is 5.26 Å². The second kappa shape index (κ2) is 5.59. The van der Waals surface area contributed by atoms with Gasteiger partial charge in [-0.15, -0.1) is 0 Å². The van der Waals surface area contributed by atoms with E-state index in [0.29, 0.717) is 11.1 Å². The molecular weight excluding hydrogens is 250 g/mol. The van der Waals surface area contributed by atoms with Gasteiger partial charge in [0.1, 0.15) is 5.54 Å². The highest BCUT2D eigenvalue weighted by atomic mass is 16.2. The molecule has 0 bridgehead atoms. The first-order valence-electron chi connectivity index (χ1n) is 6.49. The molecule has 1 amide bonds. The van der Waals surface area contributed by atoms with Gasteiger partial charge in [-0.05, 0) is 37.0 Å². The molecule has 1 aliphatic carbocycles. The van der Waals surface area contributed by atoms with Crippen LogP contribution in [0.5, 0.6) is 0 Å². The molecule has 0 saturated heterocycles. The highest BCUT2D eigenvalue weighted by Gasteiger charge is 2.42. The molecule has 1 aliphatic rings. The Labute approximate surface area is 118 Å². The van der Waals surface area contributed by atoms with Gasteiger partial charge in [-0.2, -0.15) is 10.5 Å². The molecule has 0 radical (unpaired) electrons. The van der Waals surface area contributed by atoms with E-state index in [-0.39, 0.29) is 5.91 Å². The number of hydrogen-bond acceptors (Lipinski definition) is 3. The van der Waals surface area contributed by atoms with Gasteiger partial charge in [-0.3, -0.25) is 4.79 Å². The van der Waals surface area contributed by atoms with Gasteiger partial charge in [0.25, 0.3) is 0 Å². The van der Waals surface area contributed by atoms with E-state index in [1.54, 1.807) is 31.3 Å². The predicted octanol–water partition coefficient (Wildman–Crippen LogP) is 2.48. The number of hydrogen-bond donors (Lipinski definition) is 0. The fourth-order valence-corrected chi connectivity index (χ4v) is 2.26. The Morgan fingerprint density at radius 1 is 1.35 bits per heavy atom. The van der Waals surface area contributed by atoms with Crippen molar-refractivity contribution in [3.8, 4) is 12.1 Å². The molecule has 0 aliphatic heterocycles. The Morgan fingerprint density at radius 3 is 2.60 bits per heavy atom. The maximum absolute atomic E-state index is 12.1. The largest absolute Gasteiger partial charge is 0.323 e. The summed E-state index contributed by atoms with van der Waals surface area (Å²) in [7, 11) is 1.66. The lowest BCUT2D eigenvalue weighted by Gasteiger charge is -2.42. The zero-order chi connectivity index (χ0) is 14.6. The Bertz CT molecular complexity index is 630. The molecule has 4 heteroatoms. The highest BCUT2D eigenvalue weighted by Crippen LogP contribution is 2.36. The van der Waals surface area contributed by atoms with Crippen molar-refractivity contribution in [3.05, 3.63) is 41.5 Å². The number of likely N-dealkylation sites (N-methyl/N-ethyl adjacent to an activating group) is 1. The lowest BCUT2D eigenvalue weighted by Crippen LogP contribution is -2.52. The van der Waals surface area contributed by atoms with Crippen LogP contribution in [-0.4, -0.2) is 23.4 Å². The van der Waals surface area contributed by atoms with Crippen molar-refractivity contribution in [1.29, 1.82) is 10.5 Å². The third-order valence-corrected chi connectivity index (χ3v) is 3.85. The van der Waals surface area contributed by atoms with Crippen molar-refractivity contribution in [2.45, 2.75) is 24.8 Å². The van der Waals surface area contributed by atoms with Crippen LogP contribution in [0, 0.1) is 22.7 Å². The number of rotatable bonds is 3. The van der Waals surface area contributed by atoms with Gasteiger partial charge in [0.2, 0.25) is 5.91 Å². The predicted molar refractivity (Wildman–Crippen MR) is 75.2 cm³/mol. The number of carbonyl (C=O) groups is 1. The number of carbonyl (C=O) groups excluding carboxylic acids is 1. The maximum atomic E-state index is 12.1. The first kappa shape index (κ1) is 13.8. The summed E-state index contributed by atoms with van der Waals surface area (Å²) in [4.78, 5) is 13.6. The molecule has 1 aromatic rings. The van der Waals surface area contributed by atoms with Crippen molar-refractivity contribution in [2.24, 2.45) is 0 Å². The Balaban J connectivity index is 2.14. The fraction of sp³-hybridized carbons (Fsp3) is 0.312. The molecule has 0 heterocycles. The van der Waals surface area contributed by atoms with E-state index < -0.39 is 5.54 Å². The molecule has 1 aromatic carbocycles. The highest BCUT2D eigenvalue weighted by molar-refractivity contribution is 5.92. The molecule has 1 saturated carbocycles. The van der Waals surface area contributed by atoms with Gasteiger partial charge in [0.15, 0.2) is 0 Å². The third-order valence-electron chi connectivity index (χ3n) is 3.85. The van der Waals surface area contributed by atoms with Crippen LogP contribution in [-0.2, 0) is 4.79 Å². The lowest BCUT2D eigenvalue weighted by atomic mass is 9.76. The van der Waals surface area contributed by atoms with Gasteiger partial charge in [0, 0.05) is 13.1 Å². The van der Waals surface area contributed by atoms with Crippen LogP contribution in [0.15, 0.2) is 30.3 Å². The summed E-state index contributed by atoms with van der Waals surface area (Å²) in [5, 5.41) is 18.2. The minimum atomic E-state index is -0.643. The molecule has 2 rings (SSSR count). The smallest absolute Gasteiger partial charge is 0.247 e. The van der Waals surface area contributed by atoms with Crippen LogP contribution in [0.1, 0.15) is 30.4 Å². The monoisotopic (exact) mass is 265 g/mol. The standard InChI is InChI=1S/C16H15N3O/c1-19(16(12-18)9-4-10-16)15(20)8-7-13-5-2-3-6-14(13)11-17/h2-3,5-8H,4,9-10H2,1H3/b8-7+. The molecule has 0 N–H and O–H groups in total. The van der Waals surface area contributed by atoms with Crippen molar-refractivity contribution >= 4 is 12.0 Å². The Hall–Kier alpha value is -2.59. The Morgan fingerprint density at radius 2 is 2.05 bits per heavy atom. The molecule has 1 fully saturated rings. The zero-order valence-corrected chi connectivity index (χ0v) is 11.3. The summed E-state index contributed by atoms with van der Waals surface area (Å²) >= 11 is 0. The first-order chi connectivity index (χ1) is 9.63. The van der Waals surface area contributed by atoms with E-state index in [0.717, 1.165) is 19.3 Å². The molecule has 0 spiro atoms. The first-order valence-corrected chi connectivity index (χ1v) is 6.49. The number of nitrogens with zero attached hydrogens (tertiary/aromatic N) is 3. The van der Waals surface area contributed by atoms with Crippen molar-refractivity contribution in [2.75, 3.05) is 7.05 Å². The van der Waals surface area contributed by atoms with Crippen molar-refractivity contribution in [1.82, 2.24) is 4.90 Å². The molecule has 20 heavy (non-hydrogen) atoms. The van der Waals surface area contributed by atoms with Gasteiger partial charge in [0.05, 0.1) is 17.7 Å². The average molecular weight is 265 g/mol. The van der Waals surface area contributed by atoms with Gasteiger partial charge in [-0.1, -0.05) is 18.2 Å². The minimum Gasteiger partial charge on any atom is -0.323 e. The van der Waals surface area contributed by atoms with Crippen LogP contribution in [0.2, 0.25) is 0 Å². The van der Waals surface area contributed by atoms with Crippen molar-refractivity contribution < 1.29 is 4.79 Å². The summed E-state index contributed by atoms with van der Waals surface area (Å²) in [6.07, 6.45) is 5.49. The number of amides is 1. The maximum Gasteiger partial charge on any atom is 0.247 e. The van der Waals surface area contributed by atoms with Crippen molar-refractivity contribution in [3.63, 3.8) is 0 Å². The molecular formula is C16H15N3O. The van der Waals surface area contributed by atoms with E-state index in [1.807, 2.05) is 6.07 Å². The molecule has 100 valence electrons. The third kappa shape index (κ3) is 2.41. The summed E-state index contributed by atoms with van der Waals surface area (Å²) in [6, 6.07) is 11.4. The van der Waals surface area contributed by atoms with E-state index >= 15 is 0 Å². The van der Waals surface area contributed by atoms with E-state index in [1.165, 1.54) is 11.0 Å². The number of benzene rings is 1. The van der Waals surface area contributed by atoms with Gasteiger partial charge in [-0.25, -0.2) is 0 Å². The topological polar surface area (TPSA) is 67.9 Å². The lowest BCUT2D eigenvalue weighted by molar-refractivity contribution is -0.130. The minimum absolute atomic E-state index is 0.209. The van der Waals surface area contributed by atoms with E-state index in [9.17, 15) is 10.1 Å². The normalized spacial score (nSPS) is 15.9. The molecule has 4 nitrogen and oxygen atoms in total. The van der Waals surface area contributed by atoms with Crippen LogP contribution >= 0.6 is 0 Å². The van der Waals surface area contributed by atoms with Crippen LogP contribution in [0.4, 0.5) is 0 Å². The average Bonchev–Trinajstić information content (AvgIpc) is 2.44. The van der Waals surface area contributed by atoms with Gasteiger partial charge >= 0.3 is 0 Å². The summed E-state index contributed by atoms with van der Waals surface area (Å²) in [5.41, 5.74) is 0.588. The van der Waals surface area contributed by atoms with E-state index in [2.05, 4.69) is 12.1 Å².